The number of oxime groups is 1. The number of hydrogen-bond donors (Lipinski definition) is 3. The lowest BCUT2D eigenvalue weighted by Crippen LogP contribution is -2.42. The Morgan fingerprint density at radius 3 is 2.61 bits per heavy atom. The molecule has 0 aliphatic carbocycles. The fourth-order valence-corrected chi connectivity index (χ4v) is 2.00. The molecule has 1 fully saturated rings. The minimum absolute atomic E-state index is 0.0515. The molecule has 2 heterocycles. The Bertz CT molecular complexity index is 432. The second-order valence-corrected chi connectivity index (χ2v) is 4.87. The Balaban J connectivity index is 2.07. The first-order valence-corrected chi connectivity index (χ1v) is 5.93. The summed E-state index contributed by atoms with van der Waals surface area (Å²) in [5.74, 6) is 0.899. The van der Waals surface area contributed by atoms with Crippen molar-refractivity contribution in [1.29, 1.82) is 0 Å². The molecule has 1 aliphatic heterocycles. The van der Waals surface area contributed by atoms with E-state index in [0.29, 0.717) is 5.56 Å². The predicted molar refractivity (Wildman–Crippen MR) is 68.8 cm³/mol. The van der Waals surface area contributed by atoms with Gasteiger partial charge in [-0.2, -0.15) is 0 Å². The first-order chi connectivity index (χ1) is 8.52. The van der Waals surface area contributed by atoms with Gasteiger partial charge in [-0.3, -0.25) is 0 Å². The fourth-order valence-electron chi connectivity index (χ4n) is 2.00. The van der Waals surface area contributed by atoms with Crippen LogP contribution in [0.3, 0.4) is 0 Å². The zero-order valence-corrected chi connectivity index (χ0v) is 10.4. The van der Waals surface area contributed by atoms with Crippen molar-refractivity contribution in [1.82, 2.24) is 4.98 Å². The fraction of sp³-hybridized carbons (Fsp3) is 0.500. The number of aromatic nitrogens is 1. The molecule has 0 radical (unpaired) electrons. The maximum Gasteiger partial charge on any atom is 0.171 e. The number of amidine groups is 1. The minimum Gasteiger partial charge on any atom is -0.409 e. The molecule has 0 amide bonds. The van der Waals surface area contributed by atoms with E-state index < -0.39 is 5.60 Å². The molecule has 0 bridgehead atoms. The topological polar surface area (TPSA) is 95.0 Å². The van der Waals surface area contributed by atoms with Gasteiger partial charge in [0.2, 0.25) is 0 Å². The second-order valence-electron chi connectivity index (χ2n) is 4.87. The van der Waals surface area contributed by atoms with E-state index in [0.717, 1.165) is 31.7 Å². The van der Waals surface area contributed by atoms with E-state index in [9.17, 15) is 5.11 Å². The molecule has 1 aromatic rings. The van der Waals surface area contributed by atoms with Crippen molar-refractivity contribution in [2.24, 2.45) is 10.9 Å². The van der Waals surface area contributed by atoms with Crippen molar-refractivity contribution in [3.05, 3.63) is 23.9 Å². The van der Waals surface area contributed by atoms with Crippen molar-refractivity contribution in [3.8, 4) is 0 Å². The molecule has 1 aromatic heterocycles. The van der Waals surface area contributed by atoms with Crippen LogP contribution in [0.25, 0.3) is 0 Å². The Kier molecular flexibility index (Phi) is 3.38. The summed E-state index contributed by atoms with van der Waals surface area (Å²) in [6.07, 6.45) is 3.05. The van der Waals surface area contributed by atoms with Crippen molar-refractivity contribution >= 4 is 11.7 Å². The van der Waals surface area contributed by atoms with Crippen LogP contribution in [0.2, 0.25) is 0 Å². The normalized spacial score (nSPS) is 19.9. The maximum atomic E-state index is 9.88. The molecular formula is C12H18N4O2. The SMILES string of the molecule is CC1(O)CCN(c2ccc(/C(N)=N/O)cn2)CC1. The summed E-state index contributed by atoms with van der Waals surface area (Å²) in [5.41, 5.74) is 5.49. The van der Waals surface area contributed by atoms with E-state index in [2.05, 4.69) is 15.0 Å². The van der Waals surface area contributed by atoms with Gasteiger partial charge in [-0.05, 0) is 31.9 Å². The molecule has 6 heteroatoms. The van der Waals surface area contributed by atoms with Gasteiger partial charge < -0.3 is 20.9 Å². The summed E-state index contributed by atoms with van der Waals surface area (Å²) in [6, 6.07) is 3.61. The maximum absolute atomic E-state index is 9.88. The molecule has 18 heavy (non-hydrogen) atoms. The standard InChI is InChI=1S/C12H18N4O2/c1-12(17)4-6-16(7-5-12)10-3-2-9(8-14-10)11(13)15-18/h2-3,8,17-18H,4-7H2,1H3,(H2,13,15). The lowest BCUT2D eigenvalue weighted by atomic mass is 9.94. The van der Waals surface area contributed by atoms with Crippen LogP contribution in [0.4, 0.5) is 5.82 Å². The van der Waals surface area contributed by atoms with Crippen LogP contribution in [0.5, 0.6) is 0 Å². The highest BCUT2D eigenvalue weighted by molar-refractivity contribution is 5.96. The molecule has 98 valence electrons. The lowest BCUT2D eigenvalue weighted by molar-refractivity contribution is 0.0350. The highest BCUT2D eigenvalue weighted by Crippen LogP contribution is 2.24. The van der Waals surface area contributed by atoms with Gasteiger partial charge >= 0.3 is 0 Å². The zero-order chi connectivity index (χ0) is 13.2. The minimum atomic E-state index is -0.565. The monoisotopic (exact) mass is 250 g/mol. The molecule has 4 N–H and O–H groups in total. The van der Waals surface area contributed by atoms with Gasteiger partial charge in [-0.1, -0.05) is 5.16 Å². The van der Waals surface area contributed by atoms with Gasteiger partial charge in [0.1, 0.15) is 5.82 Å². The van der Waals surface area contributed by atoms with Crippen molar-refractivity contribution in [2.45, 2.75) is 25.4 Å². The summed E-state index contributed by atoms with van der Waals surface area (Å²) in [7, 11) is 0. The molecule has 1 aliphatic rings. The number of anilines is 1. The number of rotatable bonds is 2. The first-order valence-electron chi connectivity index (χ1n) is 5.93. The summed E-state index contributed by atoms with van der Waals surface area (Å²) < 4.78 is 0. The van der Waals surface area contributed by atoms with Gasteiger partial charge in [-0.25, -0.2) is 4.98 Å². The van der Waals surface area contributed by atoms with E-state index in [1.807, 2.05) is 13.0 Å². The third-order valence-electron chi connectivity index (χ3n) is 3.32. The summed E-state index contributed by atoms with van der Waals surface area (Å²) in [4.78, 5) is 6.41. The lowest BCUT2D eigenvalue weighted by Gasteiger charge is -2.36. The molecular weight excluding hydrogens is 232 g/mol. The zero-order valence-electron chi connectivity index (χ0n) is 10.4. The Labute approximate surface area is 106 Å². The van der Waals surface area contributed by atoms with E-state index in [4.69, 9.17) is 10.9 Å². The quantitative estimate of drug-likeness (QED) is 0.308. The van der Waals surface area contributed by atoms with Crippen LogP contribution >= 0.6 is 0 Å². The molecule has 0 aromatic carbocycles. The van der Waals surface area contributed by atoms with Crippen molar-refractivity contribution in [2.75, 3.05) is 18.0 Å². The third kappa shape index (κ3) is 2.70. The van der Waals surface area contributed by atoms with Crippen LogP contribution in [0.15, 0.2) is 23.5 Å². The van der Waals surface area contributed by atoms with Crippen LogP contribution in [-0.4, -0.2) is 39.8 Å². The third-order valence-corrected chi connectivity index (χ3v) is 3.32. The Morgan fingerprint density at radius 2 is 2.11 bits per heavy atom. The Hall–Kier alpha value is -1.82. The van der Waals surface area contributed by atoms with Crippen LogP contribution in [-0.2, 0) is 0 Å². The molecule has 1 saturated heterocycles. The molecule has 0 unspecified atom stereocenters. The van der Waals surface area contributed by atoms with E-state index in [1.165, 1.54) is 0 Å². The highest BCUT2D eigenvalue weighted by atomic mass is 16.4. The van der Waals surface area contributed by atoms with Gasteiger partial charge in [0.25, 0.3) is 0 Å². The molecule has 0 atom stereocenters. The van der Waals surface area contributed by atoms with Gasteiger partial charge in [0.05, 0.1) is 5.60 Å². The highest BCUT2D eigenvalue weighted by Gasteiger charge is 2.27. The molecule has 0 spiro atoms. The van der Waals surface area contributed by atoms with Crippen molar-refractivity contribution in [3.63, 3.8) is 0 Å². The number of nitrogens with two attached hydrogens (primary N) is 1. The number of piperidine rings is 1. The van der Waals surface area contributed by atoms with E-state index in [-0.39, 0.29) is 5.84 Å². The smallest absolute Gasteiger partial charge is 0.171 e. The second kappa shape index (κ2) is 4.81. The van der Waals surface area contributed by atoms with Crippen LogP contribution < -0.4 is 10.6 Å². The Morgan fingerprint density at radius 1 is 1.44 bits per heavy atom. The van der Waals surface area contributed by atoms with Gasteiger partial charge in [0.15, 0.2) is 5.84 Å². The predicted octanol–water partition coefficient (Wildman–Crippen LogP) is 0.527. The van der Waals surface area contributed by atoms with Crippen molar-refractivity contribution < 1.29 is 10.3 Å². The molecule has 2 rings (SSSR count). The average molecular weight is 250 g/mol. The number of hydrogen-bond acceptors (Lipinski definition) is 5. The number of aliphatic hydroxyl groups is 1. The van der Waals surface area contributed by atoms with Crippen LogP contribution in [0.1, 0.15) is 25.3 Å². The van der Waals surface area contributed by atoms with Crippen LogP contribution in [0, 0.1) is 0 Å². The van der Waals surface area contributed by atoms with E-state index in [1.54, 1.807) is 12.3 Å². The number of pyridine rings is 1. The molecule has 0 saturated carbocycles. The summed E-state index contributed by atoms with van der Waals surface area (Å²) >= 11 is 0. The summed E-state index contributed by atoms with van der Waals surface area (Å²) in [5, 5.41) is 21.4. The molecule has 6 nitrogen and oxygen atoms in total. The van der Waals surface area contributed by atoms with E-state index >= 15 is 0 Å². The summed E-state index contributed by atoms with van der Waals surface area (Å²) in [6.45, 7) is 3.42. The number of nitrogens with zero attached hydrogens (tertiary/aromatic N) is 3. The van der Waals surface area contributed by atoms with Gasteiger partial charge in [0, 0.05) is 24.8 Å². The first kappa shape index (κ1) is 12.6. The largest absolute Gasteiger partial charge is 0.409 e. The van der Waals surface area contributed by atoms with Gasteiger partial charge in [-0.15, -0.1) is 0 Å². The average Bonchev–Trinajstić information content (AvgIpc) is 2.38.